The van der Waals surface area contributed by atoms with Crippen LogP contribution in [0.1, 0.15) is 31.0 Å². The zero-order valence-electron chi connectivity index (χ0n) is 12.2. The van der Waals surface area contributed by atoms with Gasteiger partial charge in [-0.15, -0.1) is 0 Å². The van der Waals surface area contributed by atoms with Gasteiger partial charge in [0.05, 0.1) is 0 Å². The maximum atomic E-state index is 11.8. The normalized spacial score (nSPS) is 10.5. The molecule has 0 aliphatic heterocycles. The van der Waals surface area contributed by atoms with Crippen LogP contribution < -0.4 is 10.6 Å². The van der Waals surface area contributed by atoms with E-state index in [1.807, 2.05) is 32.9 Å². The Morgan fingerprint density at radius 1 is 1.10 bits per heavy atom. The number of carbonyl (C=O) groups excluding carboxylic acids is 2. The fraction of sp³-hybridized carbons (Fsp3) is 0.267. The summed E-state index contributed by atoms with van der Waals surface area (Å²) in [5, 5.41) is 11.7. The molecule has 6 heteroatoms. The predicted octanol–water partition coefficient (Wildman–Crippen LogP) is 2.42. The van der Waals surface area contributed by atoms with Crippen LogP contribution in [-0.4, -0.2) is 22.0 Å². The summed E-state index contributed by atoms with van der Waals surface area (Å²) in [6.07, 6.45) is 0. The van der Waals surface area contributed by atoms with E-state index in [4.69, 9.17) is 0 Å². The van der Waals surface area contributed by atoms with Crippen molar-refractivity contribution in [1.29, 1.82) is 0 Å². The van der Waals surface area contributed by atoms with Crippen LogP contribution in [0.3, 0.4) is 0 Å². The van der Waals surface area contributed by atoms with Gasteiger partial charge in [-0.25, -0.2) is 0 Å². The molecule has 2 aromatic rings. The standard InChI is InChI=1S/C15H18N4O2/c1-9(2)12-8-13(19-18-12)17-15(21)14(20)16-11-6-4-10(3)5-7-11/h4-9H,1-3H3,(H,16,20)(H2,17,18,19,21). The van der Waals surface area contributed by atoms with Gasteiger partial charge in [0.25, 0.3) is 0 Å². The van der Waals surface area contributed by atoms with E-state index in [0.29, 0.717) is 11.5 Å². The monoisotopic (exact) mass is 286 g/mol. The van der Waals surface area contributed by atoms with Crippen LogP contribution in [0.2, 0.25) is 0 Å². The van der Waals surface area contributed by atoms with Crippen LogP contribution in [0.4, 0.5) is 11.5 Å². The Morgan fingerprint density at radius 2 is 1.71 bits per heavy atom. The molecule has 2 rings (SSSR count). The van der Waals surface area contributed by atoms with Crippen molar-refractivity contribution in [1.82, 2.24) is 10.2 Å². The topological polar surface area (TPSA) is 86.9 Å². The van der Waals surface area contributed by atoms with E-state index in [1.54, 1.807) is 18.2 Å². The molecule has 0 spiro atoms. The van der Waals surface area contributed by atoms with E-state index < -0.39 is 11.8 Å². The molecular weight excluding hydrogens is 268 g/mol. The third-order valence-corrected chi connectivity index (χ3v) is 2.98. The summed E-state index contributed by atoms with van der Waals surface area (Å²) in [5.41, 5.74) is 2.55. The number of carbonyl (C=O) groups is 2. The van der Waals surface area contributed by atoms with Gasteiger partial charge in [-0.1, -0.05) is 31.5 Å². The number of H-pyrrole nitrogens is 1. The lowest BCUT2D eigenvalue weighted by Gasteiger charge is -2.05. The molecular formula is C15H18N4O2. The number of hydrogen-bond acceptors (Lipinski definition) is 3. The molecule has 0 bridgehead atoms. The second kappa shape index (κ2) is 6.21. The number of aryl methyl sites for hydroxylation is 1. The zero-order valence-corrected chi connectivity index (χ0v) is 12.2. The molecule has 3 N–H and O–H groups in total. The highest BCUT2D eigenvalue weighted by molar-refractivity contribution is 6.43. The predicted molar refractivity (Wildman–Crippen MR) is 81.1 cm³/mol. The van der Waals surface area contributed by atoms with Crippen LogP contribution in [0.15, 0.2) is 30.3 Å². The molecule has 2 amide bonds. The Labute approximate surface area is 122 Å². The van der Waals surface area contributed by atoms with Crippen molar-refractivity contribution >= 4 is 23.3 Å². The van der Waals surface area contributed by atoms with Crippen LogP contribution in [0.5, 0.6) is 0 Å². The van der Waals surface area contributed by atoms with E-state index in [-0.39, 0.29) is 5.92 Å². The first-order chi connectivity index (χ1) is 9.95. The number of nitrogens with zero attached hydrogens (tertiary/aromatic N) is 1. The highest BCUT2D eigenvalue weighted by Crippen LogP contribution is 2.15. The number of rotatable bonds is 3. The van der Waals surface area contributed by atoms with Crippen molar-refractivity contribution in [3.05, 3.63) is 41.6 Å². The van der Waals surface area contributed by atoms with Crippen molar-refractivity contribution in [2.45, 2.75) is 26.7 Å². The molecule has 6 nitrogen and oxygen atoms in total. The number of anilines is 2. The highest BCUT2D eigenvalue weighted by atomic mass is 16.2. The summed E-state index contributed by atoms with van der Waals surface area (Å²) in [7, 11) is 0. The van der Waals surface area contributed by atoms with E-state index in [0.717, 1.165) is 11.3 Å². The summed E-state index contributed by atoms with van der Waals surface area (Å²) in [6, 6.07) is 8.91. The van der Waals surface area contributed by atoms with Gasteiger partial charge in [-0.3, -0.25) is 14.7 Å². The molecule has 1 aromatic heterocycles. The number of aromatic nitrogens is 2. The molecule has 0 fully saturated rings. The van der Waals surface area contributed by atoms with E-state index in [9.17, 15) is 9.59 Å². The molecule has 0 atom stereocenters. The van der Waals surface area contributed by atoms with E-state index in [1.165, 1.54) is 0 Å². The van der Waals surface area contributed by atoms with Gasteiger partial charge >= 0.3 is 11.8 Å². The lowest BCUT2D eigenvalue weighted by molar-refractivity contribution is -0.133. The van der Waals surface area contributed by atoms with E-state index in [2.05, 4.69) is 20.8 Å². The Morgan fingerprint density at radius 3 is 2.29 bits per heavy atom. The third kappa shape index (κ3) is 3.92. The molecule has 0 aliphatic rings. The molecule has 1 aromatic carbocycles. The minimum absolute atomic E-state index is 0.268. The number of nitrogens with one attached hydrogen (secondary N) is 3. The van der Waals surface area contributed by atoms with Crippen molar-refractivity contribution in [3.63, 3.8) is 0 Å². The average molecular weight is 286 g/mol. The van der Waals surface area contributed by atoms with Gasteiger partial charge in [-0.05, 0) is 25.0 Å². The van der Waals surface area contributed by atoms with Gasteiger partial charge in [-0.2, -0.15) is 5.10 Å². The smallest absolute Gasteiger partial charge is 0.315 e. The van der Waals surface area contributed by atoms with Gasteiger partial charge in [0.15, 0.2) is 5.82 Å². The maximum absolute atomic E-state index is 11.8. The maximum Gasteiger partial charge on any atom is 0.315 e. The lowest BCUT2D eigenvalue weighted by Crippen LogP contribution is -2.29. The lowest BCUT2D eigenvalue weighted by atomic mass is 10.1. The Balaban J connectivity index is 1.95. The summed E-state index contributed by atoms with van der Waals surface area (Å²) in [5.74, 6) is -0.877. The first-order valence-corrected chi connectivity index (χ1v) is 6.70. The average Bonchev–Trinajstić information content (AvgIpc) is 2.90. The van der Waals surface area contributed by atoms with Crippen LogP contribution in [0, 0.1) is 6.92 Å². The van der Waals surface area contributed by atoms with Crippen molar-refractivity contribution in [3.8, 4) is 0 Å². The fourth-order valence-corrected chi connectivity index (χ4v) is 1.69. The largest absolute Gasteiger partial charge is 0.318 e. The van der Waals surface area contributed by atoms with Crippen molar-refractivity contribution in [2.75, 3.05) is 10.6 Å². The second-order valence-electron chi connectivity index (χ2n) is 5.14. The summed E-state index contributed by atoms with van der Waals surface area (Å²) in [6.45, 7) is 5.95. The minimum Gasteiger partial charge on any atom is -0.318 e. The molecule has 0 unspecified atom stereocenters. The third-order valence-electron chi connectivity index (χ3n) is 2.98. The highest BCUT2D eigenvalue weighted by Gasteiger charge is 2.15. The van der Waals surface area contributed by atoms with E-state index >= 15 is 0 Å². The molecule has 1 heterocycles. The minimum atomic E-state index is -0.752. The number of benzene rings is 1. The second-order valence-corrected chi connectivity index (χ2v) is 5.14. The van der Waals surface area contributed by atoms with Crippen molar-refractivity contribution < 1.29 is 9.59 Å². The number of hydrogen-bond donors (Lipinski definition) is 3. The quantitative estimate of drug-likeness (QED) is 0.757. The van der Waals surface area contributed by atoms with Gasteiger partial charge < -0.3 is 10.6 Å². The first kappa shape index (κ1) is 14.8. The summed E-state index contributed by atoms with van der Waals surface area (Å²) < 4.78 is 0. The fourth-order valence-electron chi connectivity index (χ4n) is 1.69. The Bertz CT molecular complexity index is 644. The molecule has 110 valence electrons. The zero-order chi connectivity index (χ0) is 15.4. The molecule has 0 saturated carbocycles. The first-order valence-electron chi connectivity index (χ1n) is 6.70. The summed E-state index contributed by atoms with van der Waals surface area (Å²) >= 11 is 0. The molecule has 0 saturated heterocycles. The van der Waals surface area contributed by atoms with Gasteiger partial charge in [0.2, 0.25) is 0 Å². The Kier molecular flexibility index (Phi) is 4.37. The van der Waals surface area contributed by atoms with Gasteiger partial charge in [0, 0.05) is 17.4 Å². The van der Waals surface area contributed by atoms with Crippen LogP contribution >= 0.6 is 0 Å². The SMILES string of the molecule is Cc1ccc(NC(=O)C(=O)Nc2cc(C(C)C)[nH]n2)cc1. The van der Waals surface area contributed by atoms with Gasteiger partial charge in [0.1, 0.15) is 0 Å². The Hall–Kier alpha value is -2.63. The number of amides is 2. The molecule has 21 heavy (non-hydrogen) atoms. The molecule has 0 aliphatic carbocycles. The number of aromatic amines is 1. The van der Waals surface area contributed by atoms with Crippen LogP contribution in [-0.2, 0) is 9.59 Å². The summed E-state index contributed by atoms with van der Waals surface area (Å²) in [4.78, 5) is 23.6. The van der Waals surface area contributed by atoms with Crippen LogP contribution in [0.25, 0.3) is 0 Å². The van der Waals surface area contributed by atoms with Crippen molar-refractivity contribution in [2.24, 2.45) is 0 Å². The molecule has 0 radical (unpaired) electrons.